The van der Waals surface area contributed by atoms with Gasteiger partial charge in [0.25, 0.3) is 0 Å². The molecule has 2 amide bonds. The summed E-state index contributed by atoms with van der Waals surface area (Å²) in [5, 5.41) is 11.9. The minimum Gasteiger partial charge on any atom is -0.481 e. The molecule has 1 atom stereocenters. The van der Waals surface area contributed by atoms with Crippen molar-refractivity contribution in [3.8, 4) is 0 Å². The third-order valence-corrected chi connectivity index (χ3v) is 4.48. The van der Waals surface area contributed by atoms with Gasteiger partial charge in [-0.3, -0.25) is 9.18 Å². The monoisotopic (exact) mass is 336 g/mol. The van der Waals surface area contributed by atoms with Crippen molar-refractivity contribution in [3.63, 3.8) is 0 Å². The second kappa shape index (κ2) is 9.25. The van der Waals surface area contributed by atoms with Crippen LogP contribution in [0.3, 0.4) is 0 Å². The summed E-state index contributed by atoms with van der Waals surface area (Å²) in [6.07, 6.45) is 2.37. The molecular formula is C18H25FN2O3. The SMILES string of the molecule is O=C(O)CCC(Cc1ccccc1)NC(=O)N1CCC(CF)CC1. The molecule has 0 aliphatic carbocycles. The van der Waals surface area contributed by atoms with Crippen LogP contribution in [0.5, 0.6) is 0 Å². The number of carbonyl (C=O) groups excluding carboxylic acids is 1. The highest BCUT2D eigenvalue weighted by molar-refractivity contribution is 5.74. The first-order valence-electron chi connectivity index (χ1n) is 8.45. The Morgan fingerprint density at radius 2 is 1.92 bits per heavy atom. The number of amides is 2. The van der Waals surface area contributed by atoms with Gasteiger partial charge < -0.3 is 15.3 Å². The van der Waals surface area contributed by atoms with Crippen LogP contribution in [-0.2, 0) is 11.2 Å². The summed E-state index contributed by atoms with van der Waals surface area (Å²) in [5.74, 6) is -0.813. The van der Waals surface area contributed by atoms with E-state index in [2.05, 4.69) is 5.32 Å². The molecule has 132 valence electrons. The fourth-order valence-electron chi connectivity index (χ4n) is 2.98. The van der Waals surface area contributed by atoms with Gasteiger partial charge in [0.2, 0.25) is 0 Å². The van der Waals surface area contributed by atoms with E-state index in [9.17, 15) is 14.0 Å². The Labute approximate surface area is 141 Å². The van der Waals surface area contributed by atoms with E-state index in [4.69, 9.17) is 5.11 Å². The van der Waals surface area contributed by atoms with E-state index in [1.165, 1.54) is 0 Å². The summed E-state index contributed by atoms with van der Waals surface area (Å²) in [7, 11) is 0. The normalized spacial score (nSPS) is 16.6. The number of carbonyl (C=O) groups is 2. The Hall–Kier alpha value is -2.11. The molecule has 1 aromatic rings. The molecule has 1 saturated heterocycles. The highest BCUT2D eigenvalue weighted by Gasteiger charge is 2.24. The number of carboxylic acid groups (broad SMARTS) is 1. The minimum absolute atomic E-state index is 0.0156. The molecule has 5 nitrogen and oxygen atoms in total. The lowest BCUT2D eigenvalue weighted by Crippen LogP contribution is -2.48. The van der Waals surface area contributed by atoms with Crippen LogP contribution >= 0.6 is 0 Å². The molecule has 0 aromatic heterocycles. The van der Waals surface area contributed by atoms with Gasteiger partial charge >= 0.3 is 12.0 Å². The highest BCUT2D eigenvalue weighted by atomic mass is 19.1. The van der Waals surface area contributed by atoms with Gasteiger partial charge in [0, 0.05) is 25.6 Å². The number of likely N-dealkylation sites (tertiary alicyclic amines) is 1. The van der Waals surface area contributed by atoms with Crippen LogP contribution in [0.1, 0.15) is 31.2 Å². The number of nitrogens with one attached hydrogen (secondary N) is 1. The van der Waals surface area contributed by atoms with Gasteiger partial charge in [-0.15, -0.1) is 0 Å². The number of hydrogen-bond acceptors (Lipinski definition) is 2. The average Bonchev–Trinajstić information content (AvgIpc) is 2.60. The van der Waals surface area contributed by atoms with Gasteiger partial charge in [-0.1, -0.05) is 30.3 Å². The van der Waals surface area contributed by atoms with Gasteiger partial charge in [0.1, 0.15) is 0 Å². The standard InChI is InChI=1S/C18H25FN2O3/c19-13-15-8-10-21(11-9-15)18(24)20-16(6-7-17(22)23)12-14-4-2-1-3-5-14/h1-5,15-16H,6-13H2,(H,20,24)(H,22,23). The van der Waals surface area contributed by atoms with E-state index < -0.39 is 5.97 Å². The lowest BCUT2D eigenvalue weighted by molar-refractivity contribution is -0.137. The van der Waals surface area contributed by atoms with E-state index in [0.717, 1.165) is 5.56 Å². The number of carboxylic acids is 1. The third kappa shape index (κ3) is 5.83. The Bertz CT molecular complexity index is 530. The number of hydrogen-bond donors (Lipinski definition) is 2. The maximum atomic E-state index is 12.7. The number of halogens is 1. The first kappa shape index (κ1) is 18.2. The maximum absolute atomic E-state index is 12.7. The van der Waals surface area contributed by atoms with E-state index in [-0.39, 0.29) is 31.1 Å². The van der Waals surface area contributed by atoms with Gasteiger partial charge in [-0.25, -0.2) is 4.79 Å². The molecule has 1 aliphatic heterocycles. The van der Waals surface area contributed by atoms with Crippen LogP contribution in [0.4, 0.5) is 9.18 Å². The van der Waals surface area contributed by atoms with Crippen molar-refractivity contribution in [2.24, 2.45) is 5.92 Å². The predicted octanol–water partition coefficient (Wildman–Crippen LogP) is 2.85. The molecule has 0 spiro atoms. The highest BCUT2D eigenvalue weighted by Crippen LogP contribution is 2.18. The van der Waals surface area contributed by atoms with Crippen molar-refractivity contribution in [2.75, 3.05) is 19.8 Å². The zero-order valence-corrected chi connectivity index (χ0v) is 13.8. The molecule has 1 unspecified atom stereocenters. The molecule has 1 fully saturated rings. The Morgan fingerprint density at radius 1 is 1.25 bits per heavy atom. The first-order valence-corrected chi connectivity index (χ1v) is 8.45. The van der Waals surface area contributed by atoms with Crippen molar-refractivity contribution in [1.82, 2.24) is 10.2 Å². The number of aliphatic carboxylic acids is 1. The predicted molar refractivity (Wildman–Crippen MR) is 89.6 cm³/mol. The molecule has 1 aliphatic rings. The molecule has 2 rings (SSSR count). The number of urea groups is 1. The fourth-order valence-corrected chi connectivity index (χ4v) is 2.98. The molecule has 0 radical (unpaired) electrons. The molecule has 0 bridgehead atoms. The average molecular weight is 336 g/mol. The number of rotatable bonds is 7. The van der Waals surface area contributed by atoms with E-state index in [0.29, 0.717) is 38.8 Å². The van der Waals surface area contributed by atoms with Crippen molar-refractivity contribution in [3.05, 3.63) is 35.9 Å². The van der Waals surface area contributed by atoms with Crippen LogP contribution < -0.4 is 5.32 Å². The van der Waals surface area contributed by atoms with E-state index in [1.807, 2.05) is 30.3 Å². The zero-order chi connectivity index (χ0) is 17.4. The lowest BCUT2D eigenvalue weighted by Gasteiger charge is -2.32. The fraction of sp³-hybridized carbons (Fsp3) is 0.556. The van der Waals surface area contributed by atoms with Crippen LogP contribution in [0, 0.1) is 5.92 Å². The van der Waals surface area contributed by atoms with Crippen molar-refractivity contribution < 1.29 is 19.1 Å². The topological polar surface area (TPSA) is 69.6 Å². The zero-order valence-electron chi connectivity index (χ0n) is 13.8. The molecular weight excluding hydrogens is 311 g/mol. The Morgan fingerprint density at radius 3 is 2.50 bits per heavy atom. The van der Waals surface area contributed by atoms with Crippen LogP contribution in [0.2, 0.25) is 0 Å². The third-order valence-electron chi connectivity index (χ3n) is 4.48. The molecule has 6 heteroatoms. The van der Waals surface area contributed by atoms with Crippen LogP contribution in [-0.4, -0.2) is 47.8 Å². The number of nitrogens with zero attached hydrogens (tertiary/aromatic N) is 1. The second-order valence-corrected chi connectivity index (χ2v) is 6.35. The minimum atomic E-state index is -0.869. The van der Waals surface area contributed by atoms with Gasteiger partial charge in [-0.2, -0.15) is 0 Å². The number of alkyl halides is 1. The van der Waals surface area contributed by atoms with E-state index >= 15 is 0 Å². The molecule has 24 heavy (non-hydrogen) atoms. The van der Waals surface area contributed by atoms with Crippen molar-refractivity contribution in [2.45, 2.75) is 38.1 Å². The van der Waals surface area contributed by atoms with Gasteiger partial charge in [0.05, 0.1) is 6.67 Å². The van der Waals surface area contributed by atoms with Gasteiger partial charge in [0.15, 0.2) is 0 Å². The Kier molecular flexibility index (Phi) is 7.03. The molecule has 1 aromatic carbocycles. The summed E-state index contributed by atoms with van der Waals surface area (Å²) in [5.41, 5.74) is 1.06. The van der Waals surface area contributed by atoms with Crippen LogP contribution in [0.25, 0.3) is 0 Å². The van der Waals surface area contributed by atoms with E-state index in [1.54, 1.807) is 4.90 Å². The number of benzene rings is 1. The molecule has 0 saturated carbocycles. The lowest BCUT2D eigenvalue weighted by atomic mass is 9.98. The maximum Gasteiger partial charge on any atom is 0.317 e. The van der Waals surface area contributed by atoms with Crippen LogP contribution in [0.15, 0.2) is 30.3 Å². The first-order chi connectivity index (χ1) is 11.6. The Balaban J connectivity index is 1.91. The summed E-state index contributed by atoms with van der Waals surface area (Å²) < 4.78 is 12.7. The summed E-state index contributed by atoms with van der Waals surface area (Å²) in [4.78, 5) is 25.0. The number of piperidine rings is 1. The summed E-state index contributed by atoms with van der Waals surface area (Å²) in [6.45, 7) is 0.777. The van der Waals surface area contributed by atoms with Crippen molar-refractivity contribution in [1.29, 1.82) is 0 Å². The summed E-state index contributed by atoms with van der Waals surface area (Å²) >= 11 is 0. The second-order valence-electron chi connectivity index (χ2n) is 6.35. The summed E-state index contributed by atoms with van der Waals surface area (Å²) in [6, 6.07) is 9.29. The van der Waals surface area contributed by atoms with Gasteiger partial charge in [-0.05, 0) is 37.2 Å². The molecule has 2 N–H and O–H groups in total. The smallest absolute Gasteiger partial charge is 0.317 e. The molecule has 1 heterocycles. The largest absolute Gasteiger partial charge is 0.481 e. The quantitative estimate of drug-likeness (QED) is 0.804. The van der Waals surface area contributed by atoms with Crippen molar-refractivity contribution >= 4 is 12.0 Å².